The van der Waals surface area contributed by atoms with Gasteiger partial charge in [0.15, 0.2) is 11.5 Å². The maximum atomic E-state index is 13.2. The number of nitrogens with one attached hydrogen (secondary N) is 2. The average Bonchev–Trinajstić information content (AvgIpc) is 3.59. The van der Waals surface area contributed by atoms with Gasteiger partial charge in [-0.25, -0.2) is 10.2 Å². The Kier molecular flexibility index (Phi) is 7.17. The fraction of sp³-hybridized carbons (Fsp3) is 0.0357. The van der Waals surface area contributed by atoms with Crippen molar-refractivity contribution in [3.63, 3.8) is 0 Å². The molecule has 0 bridgehead atoms. The van der Waals surface area contributed by atoms with Gasteiger partial charge in [0.2, 0.25) is 5.76 Å². The van der Waals surface area contributed by atoms with Crippen LogP contribution in [0.1, 0.15) is 26.6 Å². The van der Waals surface area contributed by atoms with Gasteiger partial charge in [0, 0.05) is 21.5 Å². The predicted octanol–water partition coefficient (Wildman–Crippen LogP) is 6.73. The third-order valence-electron chi connectivity index (χ3n) is 5.65. The van der Waals surface area contributed by atoms with Gasteiger partial charge >= 0.3 is 5.97 Å². The number of aromatic nitrogens is 1. The fourth-order valence-electron chi connectivity index (χ4n) is 3.91. The molecule has 0 fully saturated rings. The molecule has 0 saturated heterocycles. The molecule has 5 rings (SSSR count). The third kappa shape index (κ3) is 5.00. The standard InChI is InChI=1S/C28H19Cl2N3O5/c1-36-23-14-16(11-12-21(23)38-28(35)22-10-5-13-37-22)15-31-33-27(34)26-24(17-6-2-3-8-19(17)29)18-7-4-9-20(30)25(18)32-26/h2-15,32H,1H3,(H,33,34). The van der Waals surface area contributed by atoms with Crippen molar-refractivity contribution in [2.45, 2.75) is 0 Å². The second-order valence-corrected chi connectivity index (χ2v) is 8.81. The van der Waals surface area contributed by atoms with Gasteiger partial charge in [0.05, 0.1) is 30.1 Å². The molecule has 0 aliphatic rings. The zero-order valence-corrected chi connectivity index (χ0v) is 21.3. The van der Waals surface area contributed by atoms with Crippen molar-refractivity contribution in [3.8, 4) is 22.6 Å². The summed E-state index contributed by atoms with van der Waals surface area (Å²) in [5, 5.41) is 5.80. The molecule has 1 amide bonds. The minimum atomic E-state index is -0.658. The van der Waals surface area contributed by atoms with E-state index < -0.39 is 11.9 Å². The summed E-state index contributed by atoms with van der Waals surface area (Å²) in [6.07, 6.45) is 2.81. The van der Waals surface area contributed by atoms with E-state index in [4.69, 9.17) is 37.1 Å². The SMILES string of the molecule is COc1cc(C=NNC(=O)c2[nH]c3c(Cl)cccc3c2-c2ccccc2Cl)ccc1OC(=O)c1ccco1. The summed E-state index contributed by atoms with van der Waals surface area (Å²) < 4.78 is 15.7. The molecule has 38 heavy (non-hydrogen) atoms. The van der Waals surface area contributed by atoms with E-state index in [1.807, 2.05) is 30.3 Å². The number of carbonyl (C=O) groups excluding carboxylic acids is 2. The predicted molar refractivity (Wildman–Crippen MR) is 145 cm³/mol. The number of hydrogen-bond donors (Lipinski definition) is 2. The Hall–Kier alpha value is -4.53. The molecule has 0 aliphatic carbocycles. The summed E-state index contributed by atoms with van der Waals surface area (Å²) in [5.74, 6) is -0.579. The highest BCUT2D eigenvalue weighted by atomic mass is 35.5. The lowest BCUT2D eigenvalue weighted by Gasteiger charge is -2.09. The van der Waals surface area contributed by atoms with Gasteiger partial charge in [0.1, 0.15) is 5.69 Å². The monoisotopic (exact) mass is 547 g/mol. The quantitative estimate of drug-likeness (QED) is 0.102. The Morgan fingerprint density at radius 1 is 0.974 bits per heavy atom. The number of nitrogens with zero attached hydrogens (tertiary/aromatic N) is 1. The fourth-order valence-corrected chi connectivity index (χ4v) is 4.36. The van der Waals surface area contributed by atoms with Crippen LogP contribution in [-0.4, -0.2) is 30.2 Å². The molecular weight excluding hydrogens is 529 g/mol. The molecule has 0 saturated carbocycles. The van der Waals surface area contributed by atoms with Crippen LogP contribution in [0, 0.1) is 0 Å². The molecule has 190 valence electrons. The number of rotatable bonds is 7. The van der Waals surface area contributed by atoms with E-state index in [2.05, 4.69) is 15.5 Å². The lowest BCUT2D eigenvalue weighted by molar-refractivity contribution is 0.0696. The number of amides is 1. The number of hydrazone groups is 1. The normalized spacial score (nSPS) is 11.1. The number of carbonyl (C=O) groups is 2. The molecular formula is C28H19Cl2N3O5. The van der Waals surface area contributed by atoms with Crippen LogP contribution in [0.5, 0.6) is 11.5 Å². The molecule has 0 radical (unpaired) electrons. The van der Waals surface area contributed by atoms with Crippen molar-refractivity contribution >= 4 is 52.2 Å². The van der Waals surface area contributed by atoms with Gasteiger partial charge in [-0.15, -0.1) is 0 Å². The van der Waals surface area contributed by atoms with Crippen LogP contribution in [0.2, 0.25) is 10.0 Å². The molecule has 2 N–H and O–H groups in total. The van der Waals surface area contributed by atoms with Crippen molar-refractivity contribution in [1.82, 2.24) is 10.4 Å². The van der Waals surface area contributed by atoms with Gasteiger partial charge in [-0.1, -0.05) is 53.5 Å². The van der Waals surface area contributed by atoms with Gasteiger partial charge in [-0.3, -0.25) is 4.79 Å². The van der Waals surface area contributed by atoms with E-state index in [-0.39, 0.29) is 17.2 Å². The summed E-state index contributed by atoms with van der Waals surface area (Å²) in [6, 6.07) is 20.5. The largest absolute Gasteiger partial charge is 0.493 e. The van der Waals surface area contributed by atoms with Gasteiger partial charge in [-0.2, -0.15) is 5.10 Å². The number of benzene rings is 3. The van der Waals surface area contributed by atoms with Crippen molar-refractivity contribution in [1.29, 1.82) is 0 Å². The molecule has 0 atom stereocenters. The molecule has 2 aromatic heterocycles. The lowest BCUT2D eigenvalue weighted by Crippen LogP contribution is -2.19. The van der Waals surface area contributed by atoms with Crippen molar-refractivity contribution in [2.24, 2.45) is 5.10 Å². The third-order valence-corrected chi connectivity index (χ3v) is 6.29. The zero-order valence-electron chi connectivity index (χ0n) is 19.8. The van der Waals surface area contributed by atoms with Crippen molar-refractivity contribution in [2.75, 3.05) is 7.11 Å². The Morgan fingerprint density at radius 3 is 2.55 bits per heavy atom. The number of ether oxygens (including phenoxy) is 2. The average molecular weight is 548 g/mol. The number of halogens is 2. The number of furan rings is 1. The molecule has 0 spiro atoms. The lowest BCUT2D eigenvalue weighted by atomic mass is 10.0. The first kappa shape index (κ1) is 25.1. The summed E-state index contributed by atoms with van der Waals surface area (Å²) in [6.45, 7) is 0. The van der Waals surface area contributed by atoms with E-state index in [0.29, 0.717) is 38.0 Å². The van der Waals surface area contributed by atoms with E-state index in [1.54, 1.807) is 36.4 Å². The minimum absolute atomic E-state index is 0.0647. The molecule has 0 aliphatic heterocycles. The molecule has 3 aromatic carbocycles. The van der Waals surface area contributed by atoms with E-state index in [0.717, 1.165) is 5.39 Å². The van der Waals surface area contributed by atoms with Crippen molar-refractivity contribution < 1.29 is 23.5 Å². The first-order valence-corrected chi connectivity index (χ1v) is 12.0. The van der Waals surface area contributed by atoms with Crippen LogP contribution in [0.25, 0.3) is 22.0 Å². The van der Waals surface area contributed by atoms with Crippen LogP contribution in [0.3, 0.4) is 0 Å². The first-order valence-electron chi connectivity index (χ1n) is 11.3. The summed E-state index contributed by atoms with van der Waals surface area (Å²) in [5.41, 5.74) is 5.30. The van der Waals surface area contributed by atoms with E-state index >= 15 is 0 Å². The topological polar surface area (TPSA) is 106 Å². The highest BCUT2D eigenvalue weighted by molar-refractivity contribution is 6.37. The molecule has 0 unspecified atom stereocenters. The Bertz CT molecular complexity index is 1680. The van der Waals surface area contributed by atoms with Gasteiger partial charge in [-0.05, 0) is 48.0 Å². The summed E-state index contributed by atoms with van der Waals surface area (Å²) in [7, 11) is 1.44. The van der Waals surface area contributed by atoms with Crippen LogP contribution in [-0.2, 0) is 0 Å². The maximum absolute atomic E-state index is 13.2. The highest BCUT2D eigenvalue weighted by Gasteiger charge is 2.22. The van der Waals surface area contributed by atoms with Gasteiger partial charge < -0.3 is 18.9 Å². The highest BCUT2D eigenvalue weighted by Crippen LogP contribution is 2.38. The smallest absolute Gasteiger partial charge is 0.379 e. The zero-order chi connectivity index (χ0) is 26.6. The second kappa shape index (κ2) is 10.8. The Balaban J connectivity index is 1.39. The minimum Gasteiger partial charge on any atom is -0.493 e. The first-order chi connectivity index (χ1) is 18.5. The molecule has 5 aromatic rings. The number of para-hydroxylation sites is 1. The molecule has 2 heterocycles. The summed E-state index contributed by atoms with van der Waals surface area (Å²) >= 11 is 12.8. The summed E-state index contributed by atoms with van der Waals surface area (Å²) in [4.78, 5) is 28.5. The van der Waals surface area contributed by atoms with Crippen LogP contribution < -0.4 is 14.9 Å². The number of methoxy groups -OCH3 is 1. The number of H-pyrrole nitrogens is 1. The number of aromatic amines is 1. The van der Waals surface area contributed by atoms with E-state index in [9.17, 15) is 9.59 Å². The maximum Gasteiger partial charge on any atom is 0.379 e. The Labute approximate surface area is 226 Å². The van der Waals surface area contributed by atoms with Crippen LogP contribution in [0.4, 0.5) is 0 Å². The molecule has 10 heteroatoms. The van der Waals surface area contributed by atoms with Gasteiger partial charge in [0.25, 0.3) is 5.91 Å². The number of esters is 1. The second-order valence-electron chi connectivity index (χ2n) is 7.99. The molecule has 8 nitrogen and oxygen atoms in total. The van der Waals surface area contributed by atoms with Crippen LogP contribution >= 0.6 is 23.2 Å². The number of hydrogen-bond acceptors (Lipinski definition) is 6. The van der Waals surface area contributed by atoms with Crippen LogP contribution in [0.15, 0.2) is 88.6 Å². The number of fused-ring (bicyclic) bond motifs is 1. The van der Waals surface area contributed by atoms with Crippen molar-refractivity contribution in [3.05, 3.63) is 106 Å². The van der Waals surface area contributed by atoms with E-state index in [1.165, 1.54) is 25.7 Å². The Morgan fingerprint density at radius 2 is 1.79 bits per heavy atom.